The molecule has 0 spiro atoms. The summed E-state index contributed by atoms with van der Waals surface area (Å²) in [4.78, 5) is 40.5. The summed E-state index contributed by atoms with van der Waals surface area (Å²) in [6.45, 7) is 6.32. The maximum Gasteiger partial charge on any atom is 0.242 e. The van der Waals surface area contributed by atoms with E-state index < -0.39 is 5.82 Å². The molecule has 32 heavy (non-hydrogen) atoms. The lowest BCUT2D eigenvalue weighted by Crippen LogP contribution is -2.52. The second kappa shape index (κ2) is 10.9. The van der Waals surface area contributed by atoms with E-state index in [0.29, 0.717) is 31.7 Å². The Hall–Kier alpha value is -3.26. The van der Waals surface area contributed by atoms with Gasteiger partial charge in [-0.3, -0.25) is 19.3 Å². The number of carbonyl (C=O) groups is 3. The molecule has 1 fully saturated rings. The van der Waals surface area contributed by atoms with Crippen molar-refractivity contribution in [3.8, 4) is 0 Å². The van der Waals surface area contributed by atoms with Crippen LogP contribution >= 0.6 is 0 Å². The second-order valence-electron chi connectivity index (χ2n) is 8.04. The molecule has 0 atom stereocenters. The molecule has 2 aromatic carbocycles. The van der Waals surface area contributed by atoms with Crippen LogP contribution in [0, 0.1) is 19.7 Å². The number of hydrogen-bond donors (Lipinski definition) is 2. The first kappa shape index (κ1) is 23.4. The van der Waals surface area contributed by atoms with Gasteiger partial charge in [0.05, 0.1) is 19.5 Å². The first-order valence-corrected chi connectivity index (χ1v) is 10.7. The number of amides is 3. The molecule has 2 N–H and O–H groups in total. The summed E-state index contributed by atoms with van der Waals surface area (Å²) in [5, 5.41) is 5.55. The van der Waals surface area contributed by atoms with Gasteiger partial charge in [0.25, 0.3) is 0 Å². The van der Waals surface area contributed by atoms with Gasteiger partial charge in [-0.1, -0.05) is 24.3 Å². The normalized spacial score (nSPS) is 14.2. The first-order valence-electron chi connectivity index (χ1n) is 10.7. The van der Waals surface area contributed by atoms with E-state index in [4.69, 9.17) is 0 Å². The van der Waals surface area contributed by atoms with Crippen molar-refractivity contribution in [1.82, 2.24) is 15.1 Å². The van der Waals surface area contributed by atoms with E-state index in [9.17, 15) is 18.8 Å². The summed E-state index contributed by atoms with van der Waals surface area (Å²) in [5.41, 5.74) is 3.55. The largest absolute Gasteiger partial charge is 0.347 e. The van der Waals surface area contributed by atoms with Gasteiger partial charge in [0, 0.05) is 31.9 Å². The predicted octanol–water partition coefficient (Wildman–Crippen LogP) is 1.88. The number of nitrogens with zero attached hydrogens (tertiary/aromatic N) is 2. The van der Waals surface area contributed by atoms with Crippen LogP contribution in [0.1, 0.15) is 16.7 Å². The monoisotopic (exact) mass is 440 g/mol. The van der Waals surface area contributed by atoms with Crippen molar-refractivity contribution < 1.29 is 18.8 Å². The van der Waals surface area contributed by atoms with Crippen molar-refractivity contribution >= 4 is 23.4 Å². The Labute approximate surface area is 187 Å². The molecule has 0 unspecified atom stereocenters. The Morgan fingerprint density at radius 3 is 2.41 bits per heavy atom. The number of anilines is 1. The minimum absolute atomic E-state index is 0.0222. The SMILES string of the molecule is Cc1cccc(NC(=O)CN2CCN(C(=O)CNC(=O)Cc3cccc(F)c3)CC2)c1C. The van der Waals surface area contributed by atoms with Crippen LogP contribution in [0.4, 0.5) is 10.1 Å². The Morgan fingerprint density at radius 1 is 0.969 bits per heavy atom. The van der Waals surface area contributed by atoms with Gasteiger partial charge in [0.1, 0.15) is 5.82 Å². The highest BCUT2D eigenvalue weighted by Gasteiger charge is 2.23. The number of nitrogens with one attached hydrogen (secondary N) is 2. The highest BCUT2D eigenvalue weighted by atomic mass is 19.1. The molecule has 170 valence electrons. The van der Waals surface area contributed by atoms with Crippen LogP contribution in [0.15, 0.2) is 42.5 Å². The van der Waals surface area contributed by atoms with Gasteiger partial charge in [0.15, 0.2) is 0 Å². The van der Waals surface area contributed by atoms with Crippen LogP contribution in [0.25, 0.3) is 0 Å². The molecular weight excluding hydrogens is 411 g/mol. The Kier molecular flexibility index (Phi) is 7.94. The Bertz CT molecular complexity index is 987. The average molecular weight is 441 g/mol. The van der Waals surface area contributed by atoms with Gasteiger partial charge < -0.3 is 15.5 Å². The predicted molar refractivity (Wildman–Crippen MR) is 121 cm³/mol. The molecule has 1 saturated heterocycles. The molecule has 0 radical (unpaired) electrons. The number of benzene rings is 2. The molecule has 8 heteroatoms. The molecule has 3 amide bonds. The molecule has 0 bridgehead atoms. The Morgan fingerprint density at radius 2 is 1.69 bits per heavy atom. The quantitative estimate of drug-likeness (QED) is 0.689. The first-order chi connectivity index (χ1) is 15.3. The number of halogens is 1. The highest BCUT2D eigenvalue weighted by Crippen LogP contribution is 2.18. The van der Waals surface area contributed by atoms with Gasteiger partial charge >= 0.3 is 0 Å². The molecule has 1 aliphatic heterocycles. The minimum atomic E-state index is -0.396. The molecular formula is C24H29FN4O3. The van der Waals surface area contributed by atoms with Crippen LogP contribution in [0.5, 0.6) is 0 Å². The fraction of sp³-hybridized carbons (Fsp3) is 0.375. The van der Waals surface area contributed by atoms with Crippen LogP contribution in [0.3, 0.4) is 0 Å². The third-order valence-corrected chi connectivity index (χ3v) is 5.66. The zero-order valence-electron chi connectivity index (χ0n) is 18.5. The van der Waals surface area contributed by atoms with E-state index in [2.05, 4.69) is 10.6 Å². The van der Waals surface area contributed by atoms with Gasteiger partial charge in [-0.25, -0.2) is 4.39 Å². The van der Waals surface area contributed by atoms with Crippen LogP contribution < -0.4 is 10.6 Å². The van der Waals surface area contributed by atoms with Crippen LogP contribution in [-0.4, -0.2) is 66.8 Å². The molecule has 0 aromatic heterocycles. The van der Waals surface area contributed by atoms with E-state index in [-0.39, 0.29) is 37.2 Å². The maximum absolute atomic E-state index is 13.2. The van der Waals surface area contributed by atoms with Gasteiger partial charge in [0.2, 0.25) is 17.7 Å². The molecule has 2 aromatic rings. The van der Waals surface area contributed by atoms with Gasteiger partial charge in [-0.05, 0) is 48.7 Å². The number of carbonyl (C=O) groups excluding carboxylic acids is 3. The summed E-state index contributed by atoms with van der Waals surface area (Å²) in [5.74, 6) is -0.974. The van der Waals surface area contributed by atoms with Crippen molar-refractivity contribution in [2.45, 2.75) is 20.3 Å². The third-order valence-electron chi connectivity index (χ3n) is 5.66. The minimum Gasteiger partial charge on any atom is -0.347 e. The zero-order valence-corrected chi connectivity index (χ0v) is 18.5. The van der Waals surface area contributed by atoms with Crippen molar-refractivity contribution in [2.24, 2.45) is 0 Å². The number of hydrogen-bond acceptors (Lipinski definition) is 4. The third kappa shape index (κ3) is 6.62. The molecule has 7 nitrogen and oxygen atoms in total. The van der Waals surface area contributed by atoms with E-state index in [1.54, 1.807) is 17.0 Å². The lowest BCUT2D eigenvalue weighted by atomic mass is 10.1. The van der Waals surface area contributed by atoms with Crippen LogP contribution in [0.2, 0.25) is 0 Å². The number of piperazine rings is 1. The van der Waals surface area contributed by atoms with E-state index in [0.717, 1.165) is 16.8 Å². The molecule has 3 rings (SSSR count). The van der Waals surface area contributed by atoms with Crippen LogP contribution in [-0.2, 0) is 20.8 Å². The Balaban J connectivity index is 1.38. The molecule has 0 saturated carbocycles. The topological polar surface area (TPSA) is 81.8 Å². The fourth-order valence-electron chi connectivity index (χ4n) is 3.62. The van der Waals surface area contributed by atoms with E-state index in [1.165, 1.54) is 12.1 Å². The van der Waals surface area contributed by atoms with Crippen molar-refractivity contribution in [2.75, 3.05) is 44.6 Å². The van der Waals surface area contributed by atoms with E-state index in [1.807, 2.05) is 36.9 Å². The lowest BCUT2D eigenvalue weighted by Gasteiger charge is -2.34. The van der Waals surface area contributed by atoms with Crippen molar-refractivity contribution in [3.63, 3.8) is 0 Å². The summed E-state index contributed by atoms with van der Waals surface area (Å²) in [7, 11) is 0. The summed E-state index contributed by atoms with van der Waals surface area (Å²) < 4.78 is 13.2. The molecule has 1 aliphatic rings. The number of rotatable bonds is 7. The lowest BCUT2D eigenvalue weighted by molar-refractivity contribution is -0.134. The van der Waals surface area contributed by atoms with Crippen molar-refractivity contribution in [3.05, 3.63) is 65.0 Å². The van der Waals surface area contributed by atoms with Gasteiger partial charge in [-0.15, -0.1) is 0 Å². The molecule has 1 heterocycles. The van der Waals surface area contributed by atoms with Crippen molar-refractivity contribution in [1.29, 1.82) is 0 Å². The highest BCUT2D eigenvalue weighted by molar-refractivity contribution is 5.93. The summed E-state index contributed by atoms with van der Waals surface area (Å²) in [6.07, 6.45) is 0.0222. The summed E-state index contributed by atoms with van der Waals surface area (Å²) >= 11 is 0. The average Bonchev–Trinajstić information content (AvgIpc) is 2.76. The number of aryl methyl sites for hydroxylation is 1. The molecule has 0 aliphatic carbocycles. The van der Waals surface area contributed by atoms with E-state index >= 15 is 0 Å². The summed E-state index contributed by atoms with van der Waals surface area (Å²) in [6, 6.07) is 11.6. The standard InChI is InChI=1S/C24H29FN4O3/c1-17-5-3-8-21(18(17)2)27-23(31)16-28-9-11-29(12-10-28)24(32)15-26-22(30)14-19-6-4-7-20(25)13-19/h3-8,13H,9-12,14-16H2,1-2H3,(H,26,30)(H,27,31). The fourth-order valence-corrected chi connectivity index (χ4v) is 3.62. The zero-order chi connectivity index (χ0) is 23.1. The van der Waals surface area contributed by atoms with Gasteiger partial charge in [-0.2, -0.15) is 0 Å². The second-order valence-corrected chi connectivity index (χ2v) is 8.04. The smallest absolute Gasteiger partial charge is 0.242 e. The maximum atomic E-state index is 13.2.